The van der Waals surface area contributed by atoms with E-state index in [9.17, 15) is 4.79 Å². The molecule has 0 radical (unpaired) electrons. The van der Waals surface area contributed by atoms with Crippen LogP contribution in [0.3, 0.4) is 0 Å². The van der Waals surface area contributed by atoms with Crippen LogP contribution in [-0.4, -0.2) is 37.6 Å². The highest BCUT2D eigenvalue weighted by molar-refractivity contribution is 7.10. The van der Waals surface area contributed by atoms with Crippen LogP contribution >= 0.6 is 11.3 Å². The molecule has 0 unspecified atom stereocenters. The largest absolute Gasteiger partial charge is 0.370 e. The zero-order chi connectivity index (χ0) is 16.5. The smallest absolute Gasteiger partial charge is 0.227 e. The number of thiophene rings is 1. The summed E-state index contributed by atoms with van der Waals surface area (Å²) in [6.07, 6.45) is 1.67. The van der Waals surface area contributed by atoms with Crippen molar-refractivity contribution in [2.75, 3.05) is 31.6 Å². The fraction of sp³-hybridized carbons (Fsp3) is 0.421. The topological polar surface area (TPSA) is 32.8 Å². The van der Waals surface area contributed by atoms with Gasteiger partial charge in [0.2, 0.25) is 5.91 Å². The average Bonchev–Trinajstić information content (AvgIpc) is 3.13. The molecule has 1 aromatic heterocycles. The van der Waals surface area contributed by atoms with E-state index in [1.807, 2.05) is 7.05 Å². The fourth-order valence-electron chi connectivity index (χ4n) is 3.56. The number of rotatable bonds is 3. The third-order valence-corrected chi connectivity index (χ3v) is 5.87. The first-order valence-corrected chi connectivity index (χ1v) is 9.34. The van der Waals surface area contributed by atoms with Crippen LogP contribution in [0.15, 0.2) is 35.7 Å². The minimum Gasteiger partial charge on any atom is -0.370 e. The van der Waals surface area contributed by atoms with Crippen LogP contribution in [0.2, 0.25) is 0 Å². The second-order valence-corrected chi connectivity index (χ2v) is 7.51. The average molecular weight is 342 g/mol. The lowest BCUT2D eigenvalue weighted by atomic mass is 9.99. The molecule has 3 heterocycles. The molecule has 0 N–H and O–H groups in total. The van der Waals surface area contributed by atoms with Gasteiger partial charge in [-0.3, -0.25) is 9.69 Å². The normalized spacial score (nSPS) is 21.8. The van der Waals surface area contributed by atoms with Gasteiger partial charge in [0.05, 0.1) is 6.61 Å². The minimum absolute atomic E-state index is 0.195. The van der Waals surface area contributed by atoms with Gasteiger partial charge in [0.1, 0.15) is 6.10 Å². The summed E-state index contributed by atoms with van der Waals surface area (Å²) >= 11 is 1.77. The Hall–Kier alpha value is -1.69. The molecule has 2 aliphatic rings. The summed E-state index contributed by atoms with van der Waals surface area (Å²) in [6.45, 7) is 3.63. The van der Waals surface area contributed by atoms with Crippen LogP contribution in [0.25, 0.3) is 0 Å². The highest BCUT2D eigenvalue weighted by Gasteiger charge is 2.24. The Morgan fingerprint density at radius 2 is 2.21 bits per heavy atom. The lowest BCUT2D eigenvalue weighted by Gasteiger charge is -2.33. The van der Waals surface area contributed by atoms with Crippen molar-refractivity contribution in [1.29, 1.82) is 0 Å². The zero-order valence-corrected chi connectivity index (χ0v) is 14.7. The SMILES string of the molecule is CN1C(=O)CCc2cc(CN3CCO[C@H](c4cccs4)C3)ccc21. The standard InChI is InChI=1S/C19H22N2O2S/c1-20-16-6-4-14(11-15(16)5-7-19(20)22)12-21-8-9-23-17(13-21)18-3-2-10-24-18/h2-4,6,10-11,17H,5,7-9,12-13H2,1H3/t17-/m0/s1. The van der Waals surface area contributed by atoms with E-state index in [1.165, 1.54) is 16.0 Å². The van der Waals surface area contributed by atoms with Crippen LogP contribution < -0.4 is 4.90 Å². The van der Waals surface area contributed by atoms with Gasteiger partial charge in [0, 0.05) is 43.7 Å². The van der Waals surface area contributed by atoms with Crippen LogP contribution in [0.5, 0.6) is 0 Å². The van der Waals surface area contributed by atoms with Crippen LogP contribution in [0.1, 0.15) is 28.5 Å². The molecule has 0 bridgehead atoms. The third kappa shape index (κ3) is 3.11. The van der Waals surface area contributed by atoms with Crippen molar-refractivity contribution in [2.24, 2.45) is 0 Å². The number of carbonyl (C=O) groups is 1. The van der Waals surface area contributed by atoms with Gasteiger partial charge in [-0.05, 0) is 35.1 Å². The number of ether oxygens (including phenoxy) is 1. The fourth-order valence-corrected chi connectivity index (χ4v) is 4.33. The molecule has 126 valence electrons. The summed E-state index contributed by atoms with van der Waals surface area (Å²) in [5.41, 5.74) is 3.68. The molecule has 1 fully saturated rings. The van der Waals surface area contributed by atoms with Gasteiger partial charge in [-0.2, -0.15) is 0 Å². The van der Waals surface area contributed by atoms with E-state index in [1.54, 1.807) is 16.2 Å². The maximum atomic E-state index is 11.8. The number of aryl methyl sites for hydroxylation is 1. The van der Waals surface area contributed by atoms with Crippen molar-refractivity contribution in [3.63, 3.8) is 0 Å². The predicted octanol–water partition coefficient (Wildman–Crippen LogP) is 3.23. The Morgan fingerprint density at radius 3 is 3.04 bits per heavy atom. The summed E-state index contributed by atoms with van der Waals surface area (Å²) in [4.78, 5) is 17.4. The van der Waals surface area contributed by atoms with Crippen molar-refractivity contribution < 1.29 is 9.53 Å². The molecule has 0 aliphatic carbocycles. The predicted molar refractivity (Wildman–Crippen MR) is 96.5 cm³/mol. The van der Waals surface area contributed by atoms with Gasteiger partial charge in [0.15, 0.2) is 0 Å². The molecule has 4 rings (SSSR count). The molecule has 5 heteroatoms. The van der Waals surface area contributed by atoms with E-state index in [2.05, 4.69) is 40.6 Å². The number of anilines is 1. The molecule has 1 aromatic carbocycles. The Labute approximate surface area is 146 Å². The number of nitrogens with zero attached hydrogens (tertiary/aromatic N) is 2. The summed E-state index contributed by atoms with van der Waals surface area (Å²) in [5, 5.41) is 2.11. The Morgan fingerprint density at radius 1 is 1.29 bits per heavy atom. The zero-order valence-electron chi connectivity index (χ0n) is 13.9. The Kier molecular flexibility index (Phi) is 4.39. The van der Waals surface area contributed by atoms with E-state index in [0.717, 1.165) is 38.3 Å². The number of fused-ring (bicyclic) bond motifs is 1. The minimum atomic E-state index is 0.195. The summed E-state index contributed by atoms with van der Waals surface area (Å²) < 4.78 is 5.93. The molecular formula is C19H22N2O2S. The number of hydrogen-bond donors (Lipinski definition) is 0. The van der Waals surface area contributed by atoms with Gasteiger partial charge >= 0.3 is 0 Å². The summed E-state index contributed by atoms with van der Waals surface area (Å²) in [5.74, 6) is 0.210. The Balaban J connectivity index is 1.46. The number of benzene rings is 1. The van der Waals surface area contributed by atoms with E-state index in [4.69, 9.17) is 4.74 Å². The van der Waals surface area contributed by atoms with Crippen molar-refractivity contribution in [3.05, 3.63) is 51.7 Å². The first-order valence-electron chi connectivity index (χ1n) is 8.46. The van der Waals surface area contributed by atoms with Crippen LogP contribution in [-0.2, 0) is 22.5 Å². The van der Waals surface area contributed by atoms with E-state index in [0.29, 0.717) is 6.42 Å². The van der Waals surface area contributed by atoms with Crippen molar-refractivity contribution in [1.82, 2.24) is 4.90 Å². The molecule has 1 amide bonds. The summed E-state index contributed by atoms with van der Waals surface area (Å²) in [7, 11) is 1.87. The first-order chi connectivity index (χ1) is 11.7. The molecule has 0 spiro atoms. The third-order valence-electron chi connectivity index (χ3n) is 4.90. The quantitative estimate of drug-likeness (QED) is 0.858. The second-order valence-electron chi connectivity index (χ2n) is 6.53. The van der Waals surface area contributed by atoms with Crippen molar-refractivity contribution in [3.8, 4) is 0 Å². The van der Waals surface area contributed by atoms with Crippen LogP contribution in [0, 0.1) is 0 Å². The molecule has 4 nitrogen and oxygen atoms in total. The molecule has 1 saturated heterocycles. The number of hydrogen-bond acceptors (Lipinski definition) is 4. The van der Waals surface area contributed by atoms with E-state index in [-0.39, 0.29) is 12.0 Å². The van der Waals surface area contributed by atoms with Crippen molar-refractivity contribution >= 4 is 22.9 Å². The molecule has 2 aliphatic heterocycles. The maximum absolute atomic E-state index is 11.8. The summed E-state index contributed by atoms with van der Waals surface area (Å²) in [6, 6.07) is 10.8. The molecule has 0 saturated carbocycles. The van der Waals surface area contributed by atoms with E-state index < -0.39 is 0 Å². The lowest BCUT2D eigenvalue weighted by Crippen LogP contribution is -2.37. The molecule has 1 atom stereocenters. The molecular weight excluding hydrogens is 320 g/mol. The monoisotopic (exact) mass is 342 g/mol. The number of carbonyl (C=O) groups excluding carboxylic acids is 1. The van der Waals surface area contributed by atoms with Gasteiger partial charge in [-0.1, -0.05) is 18.2 Å². The van der Waals surface area contributed by atoms with Gasteiger partial charge in [-0.15, -0.1) is 11.3 Å². The first kappa shape index (κ1) is 15.8. The maximum Gasteiger partial charge on any atom is 0.227 e. The van der Waals surface area contributed by atoms with Crippen LogP contribution in [0.4, 0.5) is 5.69 Å². The van der Waals surface area contributed by atoms with Crippen molar-refractivity contribution in [2.45, 2.75) is 25.5 Å². The van der Waals surface area contributed by atoms with Gasteiger partial charge < -0.3 is 9.64 Å². The second kappa shape index (κ2) is 6.67. The lowest BCUT2D eigenvalue weighted by molar-refractivity contribution is -0.118. The highest BCUT2D eigenvalue weighted by Crippen LogP contribution is 2.30. The van der Waals surface area contributed by atoms with Gasteiger partial charge in [0.25, 0.3) is 0 Å². The molecule has 24 heavy (non-hydrogen) atoms. The highest BCUT2D eigenvalue weighted by atomic mass is 32.1. The van der Waals surface area contributed by atoms with Gasteiger partial charge in [-0.25, -0.2) is 0 Å². The molecule has 2 aromatic rings. The number of morpholine rings is 1. The Bertz CT molecular complexity index is 729. The van der Waals surface area contributed by atoms with E-state index >= 15 is 0 Å². The number of amides is 1.